The molecule has 0 aromatic carbocycles. The van der Waals surface area contributed by atoms with E-state index in [1.165, 1.54) is 0 Å². The minimum Gasteiger partial charge on any atom is -0.441 e. The second-order valence-electron chi connectivity index (χ2n) is 1.32. The van der Waals surface area contributed by atoms with Crippen LogP contribution in [-0.4, -0.2) is 22.2 Å². The highest BCUT2D eigenvalue weighted by Crippen LogP contribution is 1.90. The van der Waals surface area contributed by atoms with Crippen LogP contribution in [0, 0.1) is 0 Å². The maximum Gasteiger partial charge on any atom is 0.525 e. The van der Waals surface area contributed by atoms with E-state index in [1.54, 1.807) is 0 Å². The second-order valence-corrected chi connectivity index (χ2v) is 1.32. The van der Waals surface area contributed by atoms with Crippen LogP contribution >= 0.6 is 0 Å². The summed E-state index contributed by atoms with van der Waals surface area (Å²) in [6.07, 6.45) is 0. The van der Waals surface area contributed by atoms with E-state index in [0.717, 1.165) is 0 Å². The summed E-state index contributed by atoms with van der Waals surface area (Å²) < 4.78 is 13.8. The smallest absolute Gasteiger partial charge is 0.441 e. The maximum atomic E-state index is 5.12. The molecule has 1 fully saturated rings. The predicted molar refractivity (Wildman–Crippen MR) is 30.3 cm³/mol. The van der Waals surface area contributed by atoms with Crippen LogP contribution in [0.4, 0.5) is 0 Å². The summed E-state index contributed by atoms with van der Waals surface area (Å²) in [5, 5.41) is 0. The van der Waals surface area contributed by atoms with Crippen molar-refractivity contribution in [3.63, 3.8) is 0 Å². The van der Waals surface area contributed by atoms with Crippen molar-refractivity contribution in [2.24, 2.45) is 11.3 Å². The van der Waals surface area contributed by atoms with Crippen LogP contribution < -0.4 is 11.3 Å². The Morgan fingerprint density at radius 3 is 1.88 bits per heavy atom. The van der Waals surface area contributed by atoms with Gasteiger partial charge in [0.2, 0.25) is 0 Å². The van der Waals surface area contributed by atoms with Crippen molar-refractivity contribution in [3.05, 3.63) is 0 Å². The van der Waals surface area contributed by atoms with E-state index in [9.17, 15) is 0 Å². The zero-order chi connectivity index (χ0) is 5.98. The van der Waals surface area contributed by atoms with Crippen molar-refractivity contribution < 1.29 is 13.7 Å². The third-order valence-corrected chi connectivity index (χ3v) is 0.733. The average Bonchev–Trinajstić information content (AvgIpc) is 1.64. The van der Waals surface area contributed by atoms with E-state index in [0.29, 0.717) is 0 Å². The van der Waals surface area contributed by atoms with E-state index >= 15 is 0 Å². The van der Waals surface area contributed by atoms with Crippen molar-refractivity contribution in [2.75, 3.05) is 0 Å². The van der Waals surface area contributed by atoms with Crippen molar-refractivity contribution in [2.45, 2.75) is 0 Å². The molecule has 0 atom stereocenters. The van der Waals surface area contributed by atoms with Crippen molar-refractivity contribution >= 4 is 22.2 Å². The summed E-state index contributed by atoms with van der Waals surface area (Å²) in [5.74, 6) is 0. The zero-order valence-electron chi connectivity index (χ0n) is 4.24. The van der Waals surface area contributed by atoms with E-state index in [4.69, 9.17) is 11.3 Å². The van der Waals surface area contributed by atoms with Crippen molar-refractivity contribution in [1.29, 1.82) is 0 Å². The molecule has 0 saturated carbocycles. The van der Waals surface area contributed by atoms with Gasteiger partial charge in [-0.05, 0) is 0 Å². The summed E-state index contributed by atoms with van der Waals surface area (Å²) in [5.41, 5.74) is 10.2. The van der Waals surface area contributed by atoms with Gasteiger partial charge in [-0.25, -0.2) is 0 Å². The molecule has 4 N–H and O–H groups in total. The fourth-order valence-electron chi connectivity index (χ4n) is 0.384. The lowest BCUT2D eigenvalue weighted by atomic mass is 9.96. The van der Waals surface area contributed by atoms with Gasteiger partial charge in [-0.1, -0.05) is 0 Å². The molecule has 0 amide bonds. The highest BCUT2D eigenvalue weighted by atomic mass is 16.7. The highest BCUT2D eigenvalue weighted by Gasteiger charge is 2.27. The van der Waals surface area contributed by atoms with Gasteiger partial charge in [0.25, 0.3) is 0 Å². The molecule has 0 spiro atoms. The molecule has 0 bridgehead atoms. The van der Waals surface area contributed by atoms with Gasteiger partial charge in [0.1, 0.15) is 0 Å². The van der Waals surface area contributed by atoms with Crippen LogP contribution in [-0.2, 0) is 13.7 Å². The molecule has 42 valence electrons. The van der Waals surface area contributed by atoms with Gasteiger partial charge >= 0.3 is 22.2 Å². The lowest BCUT2D eigenvalue weighted by Gasteiger charge is -2.18. The molecule has 0 aliphatic carbocycles. The third-order valence-electron chi connectivity index (χ3n) is 0.733. The number of hydrogen-bond donors (Lipinski definition) is 2. The van der Waals surface area contributed by atoms with Gasteiger partial charge in [-0.15, -0.1) is 0 Å². The lowest BCUT2D eigenvalue weighted by Crippen LogP contribution is -2.52. The van der Waals surface area contributed by atoms with E-state index in [1.807, 2.05) is 0 Å². The molecule has 1 saturated heterocycles. The Labute approximate surface area is 48.3 Å². The number of hydrogen-bond acceptors (Lipinski definition) is 5. The normalized spacial score (nSPS) is 20.8. The maximum absolute atomic E-state index is 5.12. The largest absolute Gasteiger partial charge is 0.525 e. The fourth-order valence-corrected chi connectivity index (χ4v) is 0.384. The molecule has 0 aromatic rings. The SMILES string of the molecule is NB1OBOB(N)O1. The third kappa shape index (κ3) is 1.50. The molecule has 1 aliphatic heterocycles. The van der Waals surface area contributed by atoms with Gasteiger partial charge in [0.05, 0.1) is 0 Å². The Hall–Kier alpha value is -0.00519. The van der Waals surface area contributed by atoms with Crippen LogP contribution in [0.3, 0.4) is 0 Å². The molecule has 8 heavy (non-hydrogen) atoms. The zero-order valence-corrected chi connectivity index (χ0v) is 4.24. The summed E-state index contributed by atoms with van der Waals surface area (Å²) in [4.78, 5) is 0. The lowest BCUT2D eigenvalue weighted by molar-refractivity contribution is 0.302. The van der Waals surface area contributed by atoms with E-state index in [-0.39, 0.29) is 7.69 Å². The molecular weight excluding hydrogens is 108 g/mol. The van der Waals surface area contributed by atoms with E-state index < -0.39 is 14.5 Å². The van der Waals surface area contributed by atoms with Gasteiger partial charge in [0, 0.05) is 0 Å². The first-order chi connectivity index (χ1) is 3.79. The topological polar surface area (TPSA) is 79.7 Å². The molecule has 1 heterocycles. The van der Waals surface area contributed by atoms with Crippen LogP contribution in [0.2, 0.25) is 0 Å². The molecule has 0 aromatic heterocycles. The molecule has 0 unspecified atom stereocenters. The Kier molecular flexibility index (Phi) is 1.92. The summed E-state index contributed by atoms with van der Waals surface area (Å²) in [7, 11) is -1.38. The van der Waals surface area contributed by atoms with Crippen LogP contribution in [0.1, 0.15) is 0 Å². The Morgan fingerprint density at radius 1 is 1.12 bits per heavy atom. The first-order valence-electron chi connectivity index (χ1n) is 2.19. The first kappa shape index (κ1) is 6.12. The minimum absolute atomic E-state index is 0.0995. The Balaban J connectivity index is 2.23. The highest BCUT2D eigenvalue weighted by molar-refractivity contribution is 6.65. The Bertz CT molecular complexity index is 70.9. The first-order valence-corrected chi connectivity index (χ1v) is 2.19. The average molecular weight is 113 g/mol. The van der Waals surface area contributed by atoms with Gasteiger partial charge in [-0.3, -0.25) is 0 Å². The monoisotopic (exact) mass is 114 g/mol. The Morgan fingerprint density at radius 2 is 1.62 bits per heavy atom. The van der Waals surface area contributed by atoms with Crippen molar-refractivity contribution in [3.8, 4) is 0 Å². The number of nitrogens with two attached hydrogens (primary N) is 2. The van der Waals surface area contributed by atoms with Gasteiger partial charge in [0.15, 0.2) is 0 Å². The van der Waals surface area contributed by atoms with Crippen LogP contribution in [0.5, 0.6) is 0 Å². The predicted octanol–water partition coefficient (Wildman–Crippen LogP) is -2.80. The van der Waals surface area contributed by atoms with Gasteiger partial charge < -0.3 is 25.0 Å². The summed E-state index contributed by atoms with van der Waals surface area (Å²) >= 11 is 0. The second kappa shape index (κ2) is 2.52. The van der Waals surface area contributed by atoms with E-state index in [2.05, 4.69) is 13.7 Å². The van der Waals surface area contributed by atoms with Crippen molar-refractivity contribution in [1.82, 2.24) is 0 Å². The quantitative estimate of drug-likeness (QED) is 0.332. The standard InChI is InChI=1S/B3H5N2O3/c4-2-6-1-7-3(5)8-2/h1H,4-5H2. The molecule has 8 heteroatoms. The van der Waals surface area contributed by atoms with Gasteiger partial charge in [-0.2, -0.15) is 0 Å². The molecular formula is H5B3N2O3. The molecule has 0 radical (unpaired) electrons. The van der Waals surface area contributed by atoms with Crippen LogP contribution in [0.15, 0.2) is 0 Å². The summed E-state index contributed by atoms with van der Waals surface area (Å²) in [6.45, 7) is 0. The fraction of sp³-hybridized carbons (Fsp3) is 0. The minimum atomic E-state index is -0.737. The molecule has 1 rings (SSSR count). The van der Waals surface area contributed by atoms with Crippen LogP contribution in [0.25, 0.3) is 0 Å². The molecule has 1 aliphatic rings. The molecule has 5 nitrogen and oxygen atoms in total. The number of rotatable bonds is 0. The summed E-state index contributed by atoms with van der Waals surface area (Å²) in [6, 6.07) is 0.